The predicted molar refractivity (Wildman–Crippen MR) is 56.8 cm³/mol. The maximum atomic E-state index is 11.5. The van der Waals surface area contributed by atoms with Gasteiger partial charge in [-0.05, 0) is 0 Å². The fourth-order valence-corrected chi connectivity index (χ4v) is 1.89. The first-order chi connectivity index (χ1) is 7.75. The first kappa shape index (κ1) is 11.3. The summed E-state index contributed by atoms with van der Waals surface area (Å²) in [5, 5.41) is 2.54. The lowest BCUT2D eigenvalue weighted by atomic mass is 10.3. The summed E-state index contributed by atoms with van der Waals surface area (Å²) in [5.74, 6) is -0.0607. The molecule has 2 saturated heterocycles. The van der Waals surface area contributed by atoms with Crippen molar-refractivity contribution in [1.29, 1.82) is 0 Å². The molecule has 0 radical (unpaired) electrons. The van der Waals surface area contributed by atoms with Crippen molar-refractivity contribution in [2.24, 2.45) is 0 Å². The van der Waals surface area contributed by atoms with E-state index < -0.39 is 0 Å². The van der Waals surface area contributed by atoms with Crippen molar-refractivity contribution in [3.05, 3.63) is 0 Å². The Kier molecular flexibility index (Phi) is 3.74. The van der Waals surface area contributed by atoms with Gasteiger partial charge in [-0.1, -0.05) is 0 Å². The molecule has 2 aliphatic heterocycles. The van der Waals surface area contributed by atoms with Crippen molar-refractivity contribution in [2.45, 2.75) is 0 Å². The minimum atomic E-state index is -0.0680. The number of hydrogen-bond acceptors (Lipinski definition) is 4. The van der Waals surface area contributed by atoms with Crippen LogP contribution in [-0.2, 0) is 14.3 Å². The Hall–Kier alpha value is -1.14. The molecule has 2 amide bonds. The maximum absolute atomic E-state index is 11.5. The molecule has 6 nitrogen and oxygen atoms in total. The van der Waals surface area contributed by atoms with E-state index in [-0.39, 0.29) is 24.9 Å². The first-order valence-electron chi connectivity index (χ1n) is 5.60. The van der Waals surface area contributed by atoms with Gasteiger partial charge < -0.3 is 15.0 Å². The standard InChI is InChI=1S/C10H17N3O3/c14-9-8-13(10(15)7-11-9)2-1-12-3-5-16-6-4-12/h1-8H2,(H,11,14). The second-order valence-electron chi connectivity index (χ2n) is 4.05. The zero-order valence-corrected chi connectivity index (χ0v) is 9.28. The Bertz CT molecular complexity index is 276. The number of morpholine rings is 1. The normalized spacial score (nSPS) is 23.4. The van der Waals surface area contributed by atoms with Crippen LogP contribution in [0, 0.1) is 0 Å². The summed E-state index contributed by atoms with van der Waals surface area (Å²) in [6.45, 7) is 5.13. The van der Waals surface area contributed by atoms with Gasteiger partial charge in [-0.3, -0.25) is 14.5 Å². The third-order valence-electron chi connectivity index (χ3n) is 2.91. The summed E-state index contributed by atoms with van der Waals surface area (Å²) in [7, 11) is 0. The SMILES string of the molecule is O=C1CN(CCN2CCOCC2)C(=O)CN1. The number of amides is 2. The largest absolute Gasteiger partial charge is 0.379 e. The molecule has 0 aromatic heterocycles. The van der Waals surface area contributed by atoms with Gasteiger partial charge >= 0.3 is 0 Å². The van der Waals surface area contributed by atoms with Crippen molar-refractivity contribution >= 4 is 11.8 Å². The van der Waals surface area contributed by atoms with Gasteiger partial charge in [-0.15, -0.1) is 0 Å². The van der Waals surface area contributed by atoms with Gasteiger partial charge in [0, 0.05) is 26.2 Å². The number of carbonyl (C=O) groups is 2. The van der Waals surface area contributed by atoms with Gasteiger partial charge in [0.05, 0.1) is 26.3 Å². The lowest BCUT2D eigenvalue weighted by Gasteiger charge is -2.31. The van der Waals surface area contributed by atoms with Crippen LogP contribution in [0.2, 0.25) is 0 Å². The topological polar surface area (TPSA) is 61.9 Å². The van der Waals surface area contributed by atoms with Gasteiger partial charge in [-0.25, -0.2) is 0 Å². The highest BCUT2D eigenvalue weighted by Gasteiger charge is 2.23. The van der Waals surface area contributed by atoms with Crippen LogP contribution in [0.5, 0.6) is 0 Å². The van der Waals surface area contributed by atoms with Crippen molar-refractivity contribution in [3.63, 3.8) is 0 Å². The van der Waals surface area contributed by atoms with Crippen molar-refractivity contribution < 1.29 is 14.3 Å². The van der Waals surface area contributed by atoms with E-state index >= 15 is 0 Å². The van der Waals surface area contributed by atoms with E-state index in [0.29, 0.717) is 6.54 Å². The Morgan fingerprint density at radius 3 is 2.69 bits per heavy atom. The van der Waals surface area contributed by atoms with Crippen molar-refractivity contribution in [2.75, 3.05) is 52.5 Å². The number of nitrogens with zero attached hydrogens (tertiary/aromatic N) is 2. The molecule has 0 bridgehead atoms. The molecule has 0 saturated carbocycles. The molecular weight excluding hydrogens is 210 g/mol. The molecule has 0 aromatic rings. The highest BCUT2D eigenvalue weighted by atomic mass is 16.5. The van der Waals surface area contributed by atoms with Gasteiger partial charge in [-0.2, -0.15) is 0 Å². The molecule has 0 aliphatic carbocycles. The molecule has 2 rings (SSSR count). The average molecular weight is 227 g/mol. The Balaban J connectivity index is 1.75. The molecule has 0 aromatic carbocycles. The van der Waals surface area contributed by atoms with Crippen LogP contribution >= 0.6 is 0 Å². The third-order valence-corrected chi connectivity index (χ3v) is 2.91. The Labute approximate surface area is 94.5 Å². The van der Waals surface area contributed by atoms with E-state index in [2.05, 4.69) is 10.2 Å². The molecule has 90 valence electrons. The minimum Gasteiger partial charge on any atom is -0.379 e. The summed E-state index contributed by atoms with van der Waals surface area (Å²) in [4.78, 5) is 26.5. The van der Waals surface area contributed by atoms with Gasteiger partial charge in [0.15, 0.2) is 0 Å². The first-order valence-corrected chi connectivity index (χ1v) is 5.60. The summed E-state index contributed by atoms with van der Waals surface area (Å²) in [6, 6.07) is 0. The fraction of sp³-hybridized carbons (Fsp3) is 0.800. The number of rotatable bonds is 3. The lowest BCUT2D eigenvalue weighted by molar-refractivity contribution is -0.140. The van der Waals surface area contributed by atoms with Crippen LogP contribution in [0.25, 0.3) is 0 Å². The summed E-state index contributed by atoms with van der Waals surface area (Å²) in [6.07, 6.45) is 0. The number of piperazine rings is 1. The van der Waals surface area contributed by atoms with Gasteiger partial charge in [0.2, 0.25) is 11.8 Å². The van der Waals surface area contributed by atoms with Crippen LogP contribution in [0.3, 0.4) is 0 Å². The summed E-state index contributed by atoms with van der Waals surface area (Å²) in [5.41, 5.74) is 0. The highest BCUT2D eigenvalue weighted by Crippen LogP contribution is 2.00. The number of hydrogen-bond donors (Lipinski definition) is 1. The molecule has 0 atom stereocenters. The minimum absolute atomic E-state index is 0.00728. The second-order valence-corrected chi connectivity index (χ2v) is 4.05. The van der Waals surface area contributed by atoms with Crippen LogP contribution in [0.15, 0.2) is 0 Å². The summed E-state index contributed by atoms with van der Waals surface area (Å²) < 4.78 is 5.24. The van der Waals surface area contributed by atoms with E-state index in [9.17, 15) is 9.59 Å². The lowest BCUT2D eigenvalue weighted by Crippen LogP contribution is -2.53. The van der Waals surface area contributed by atoms with E-state index in [1.54, 1.807) is 4.90 Å². The molecule has 0 unspecified atom stereocenters. The second kappa shape index (κ2) is 5.27. The monoisotopic (exact) mass is 227 g/mol. The van der Waals surface area contributed by atoms with Gasteiger partial charge in [0.1, 0.15) is 0 Å². The summed E-state index contributed by atoms with van der Waals surface area (Å²) >= 11 is 0. The predicted octanol–water partition coefficient (Wildman–Crippen LogP) is -1.72. The number of ether oxygens (including phenoxy) is 1. The molecular formula is C10H17N3O3. The van der Waals surface area contributed by atoms with Crippen LogP contribution in [0.1, 0.15) is 0 Å². The molecule has 6 heteroatoms. The molecule has 2 aliphatic rings. The molecule has 16 heavy (non-hydrogen) atoms. The van der Waals surface area contributed by atoms with Crippen LogP contribution in [-0.4, -0.2) is 74.1 Å². The van der Waals surface area contributed by atoms with Crippen molar-refractivity contribution in [1.82, 2.24) is 15.1 Å². The fourth-order valence-electron chi connectivity index (χ4n) is 1.89. The van der Waals surface area contributed by atoms with E-state index in [4.69, 9.17) is 4.74 Å². The molecule has 2 heterocycles. The van der Waals surface area contributed by atoms with Crippen LogP contribution in [0.4, 0.5) is 0 Å². The van der Waals surface area contributed by atoms with E-state index in [0.717, 1.165) is 32.8 Å². The maximum Gasteiger partial charge on any atom is 0.242 e. The van der Waals surface area contributed by atoms with E-state index in [1.807, 2.05) is 0 Å². The number of nitrogens with one attached hydrogen (secondary N) is 1. The zero-order chi connectivity index (χ0) is 11.4. The average Bonchev–Trinajstić information content (AvgIpc) is 2.32. The molecule has 2 fully saturated rings. The zero-order valence-electron chi connectivity index (χ0n) is 9.28. The number of carbonyl (C=O) groups excluding carboxylic acids is 2. The molecule has 1 N–H and O–H groups in total. The van der Waals surface area contributed by atoms with Crippen molar-refractivity contribution in [3.8, 4) is 0 Å². The Morgan fingerprint density at radius 2 is 1.94 bits per heavy atom. The Morgan fingerprint density at radius 1 is 1.19 bits per heavy atom. The van der Waals surface area contributed by atoms with Gasteiger partial charge in [0.25, 0.3) is 0 Å². The van der Waals surface area contributed by atoms with E-state index in [1.165, 1.54) is 0 Å². The van der Waals surface area contributed by atoms with Crippen LogP contribution < -0.4 is 5.32 Å². The molecule has 0 spiro atoms. The third kappa shape index (κ3) is 2.93. The highest BCUT2D eigenvalue weighted by molar-refractivity contribution is 5.92. The smallest absolute Gasteiger partial charge is 0.242 e. The quantitative estimate of drug-likeness (QED) is 0.623.